The molecule has 64 valence electrons. The highest BCUT2D eigenvalue weighted by atomic mass is 16.4. The average molecular weight is 157 g/mol. The van der Waals surface area contributed by atoms with Gasteiger partial charge in [-0.1, -0.05) is 0 Å². The summed E-state index contributed by atoms with van der Waals surface area (Å²) in [6, 6.07) is 0. The molecule has 0 radical (unpaired) electrons. The van der Waals surface area contributed by atoms with Crippen LogP contribution in [0.3, 0.4) is 0 Å². The number of carbonyl (C=O) groups is 1. The minimum absolute atomic E-state index is 0.459. The quantitative estimate of drug-likeness (QED) is 0.628. The van der Waals surface area contributed by atoms with E-state index in [9.17, 15) is 4.79 Å². The molecule has 1 rings (SSSR count). The average Bonchev–Trinajstić information content (AvgIpc) is 1.82. The third kappa shape index (κ3) is 1.03. The van der Waals surface area contributed by atoms with Gasteiger partial charge in [0.1, 0.15) is 0 Å². The molecule has 0 aromatic carbocycles. The van der Waals surface area contributed by atoms with Crippen molar-refractivity contribution in [1.29, 1.82) is 0 Å². The van der Waals surface area contributed by atoms with Crippen LogP contribution in [0.4, 0.5) is 0 Å². The van der Waals surface area contributed by atoms with Crippen LogP contribution in [0.15, 0.2) is 0 Å². The lowest BCUT2D eigenvalue weighted by molar-refractivity contribution is -0.153. The molecule has 0 aromatic rings. The predicted octanol–water partition coefficient (Wildman–Crippen LogP) is 0.979. The molecule has 0 amide bonds. The first-order valence-corrected chi connectivity index (χ1v) is 3.92. The maximum absolute atomic E-state index is 10.8. The second kappa shape index (κ2) is 2.21. The number of rotatable bonds is 2. The maximum Gasteiger partial charge on any atom is 0.310 e. The van der Waals surface area contributed by atoms with Crippen LogP contribution in [0.2, 0.25) is 0 Å². The van der Waals surface area contributed by atoms with Gasteiger partial charge in [0.2, 0.25) is 0 Å². The second-order valence-electron chi connectivity index (χ2n) is 3.94. The Morgan fingerprint density at radius 3 is 2.09 bits per heavy atom. The molecule has 0 aliphatic heterocycles. The number of nitrogens with two attached hydrogens (primary N) is 1. The summed E-state index contributed by atoms with van der Waals surface area (Å²) < 4.78 is 0. The monoisotopic (exact) mass is 157 g/mol. The molecule has 1 aliphatic rings. The second-order valence-corrected chi connectivity index (χ2v) is 3.94. The Kier molecular flexibility index (Phi) is 1.71. The Hall–Kier alpha value is -0.570. The van der Waals surface area contributed by atoms with Gasteiger partial charge < -0.3 is 10.8 Å². The Morgan fingerprint density at radius 2 is 2.00 bits per heavy atom. The highest BCUT2D eigenvalue weighted by Gasteiger charge is 2.50. The van der Waals surface area contributed by atoms with Gasteiger partial charge >= 0.3 is 5.97 Å². The minimum atomic E-state index is -0.792. The van der Waals surface area contributed by atoms with Gasteiger partial charge in [-0.3, -0.25) is 4.79 Å². The van der Waals surface area contributed by atoms with Crippen molar-refractivity contribution in [2.24, 2.45) is 11.1 Å². The molecule has 0 unspecified atom stereocenters. The molecule has 1 aliphatic carbocycles. The molecule has 3 nitrogen and oxygen atoms in total. The lowest BCUT2D eigenvalue weighted by Crippen LogP contribution is -2.60. The van der Waals surface area contributed by atoms with Crippen LogP contribution < -0.4 is 5.73 Å². The van der Waals surface area contributed by atoms with E-state index in [-0.39, 0.29) is 0 Å². The topological polar surface area (TPSA) is 63.3 Å². The Labute approximate surface area is 66.6 Å². The van der Waals surface area contributed by atoms with Crippen molar-refractivity contribution in [3.05, 3.63) is 0 Å². The lowest BCUT2D eigenvalue weighted by atomic mass is 9.61. The molecule has 0 spiro atoms. The molecule has 1 saturated carbocycles. The maximum atomic E-state index is 10.8. The molecule has 11 heavy (non-hydrogen) atoms. The van der Waals surface area contributed by atoms with Gasteiger partial charge in [-0.25, -0.2) is 0 Å². The van der Waals surface area contributed by atoms with Gasteiger partial charge in [-0.05, 0) is 33.1 Å². The molecular formula is C8H15NO2. The normalized spacial score (nSPS) is 22.5. The molecule has 3 heteroatoms. The summed E-state index contributed by atoms with van der Waals surface area (Å²) in [7, 11) is 0. The first-order valence-electron chi connectivity index (χ1n) is 3.92. The molecule has 3 N–H and O–H groups in total. The molecule has 0 heterocycles. The summed E-state index contributed by atoms with van der Waals surface area (Å²) in [6.07, 6.45) is 2.74. The van der Waals surface area contributed by atoms with Crippen molar-refractivity contribution in [2.45, 2.75) is 38.6 Å². The largest absolute Gasteiger partial charge is 0.481 e. The van der Waals surface area contributed by atoms with Crippen molar-refractivity contribution in [2.75, 3.05) is 0 Å². The summed E-state index contributed by atoms with van der Waals surface area (Å²) in [6.45, 7) is 3.41. The van der Waals surface area contributed by atoms with Crippen molar-refractivity contribution >= 4 is 5.97 Å². The van der Waals surface area contributed by atoms with Gasteiger partial charge in [0.05, 0.1) is 5.41 Å². The van der Waals surface area contributed by atoms with E-state index < -0.39 is 16.9 Å². The van der Waals surface area contributed by atoms with Gasteiger partial charge in [-0.2, -0.15) is 0 Å². The van der Waals surface area contributed by atoms with E-state index in [1.165, 1.54) is 0 Å². The van der Waals surface area contributed by atoms with Crippen molar-refractivity contribution in [1.82, 2.24) is 0 Å². The van der Waals surface area contributed by atoms with E-state index in [0.29, 0.717) is 0 Å². The first-order chi connectivity index (χ1) is 4.90. The Balaban J connectivity index is 2.78. The fraction of sp³-hybridized carbons (Fsp3) is 0.875. The smallest absolute Gasteiger partial charge is 0.310 e. The number of hydrogen-bond donors (Lipinski definition) is 2. The van der Waals surface area contributed by atoms with E-state index >= 15 is 0 Å². The fourth-order valence-electron chi connectivity index (χ4n) is 1.40. The third-order valence-corrected chi connectivity index (χ3v) is 3.03. The highest BCUT2D eigenvalue weighted by molar-refractivity contribution is 5.75. The molecule has 0 aromatic heterocycles. The predicted molar refractivity (Wildman–Crippen MR) is 42.2 cm³/mol. The van der Waals surface area contributed by atoms with Crippen LogP contribution in [-0.4, -0.2) is 16.6 Å². The van der Waals surface area contributed by atoms with Gasteiger partial charge in [0, 0.05) is 5.54 Å². The van der Waals surface area contributed by atoms with Crippen molar-refractivity contribution in [3.63, 3.8) is 0 Å². The molecule has 1 fully saturated rings. The minimum Gasteiger partial charge on any atom is -0.481 e. The highest BCUT2D eigenvalue weighted by Crippen LogP contribution is 2.43. The van der Waals surface area contributed by atoms with Crippen molar-refractivity contribution in [3.8, 4) is 0 Å². The summed E-state index contributed by atoms with van der Waals surface area (Å²) in [5, 5.41) is 8.86. The third-order valence-electron chi connectivity index (χ3n) is 3.03. The Morgan fingerprint density at radius 1 is 1.55 bits per heavy atom. The first kappa shape index (κ1) is 8.53. The summed E-state index contributed by atoms with van der Waals surface area (Å²) in [5.41, 5.74) is 4.67. The molecular weight excluding hydrogens is 142 g/mol. The van der Waals surface area contributed by atoms with Crippen LogP contribution in [0.5, 0.6) is 0 Å². The van der Waals surface area contributed by atoms with Crippen LogP contribution in [-0.2, 0) is 4.79 Å². The van der Waals surface area contributed by atoms with Crippen molar-refractivity contribution < 1.29 is 9.90 Å². The zero-order chi connectivity index (χ0) is 8.70. The van der Waals surface area contributed by atoms with Gasteiger partial charge in [0.25, 0.3) is 0 Å². The lowest BCUT2D eigenvalue weighted by Gasteiger charge is -2.47. The SMILES string of the molecule is CC(C)(C(=O)O)C1(N)CCC1. The van der Waals surface area contributed by atoms with Crippen LogP contribution in [0.25, 0.3) is 0 Å². The van der Waals surface area contributed by atoms with Crippen LogP contribution in [0, 0.1) is 5.41 Å². The van der Waals surface area contributed by atoms with Crippen LogP contribution in [0.1, 0.15) is 33.1 Å². The number of carboxylic acids is 1. The van der Waals surface area contributed by atoms with E-state index in [1.54, 1.807) is 13.8 Å². The summed E-state index contributed by atoms with van der Waals surface area (Å²) in [4.78, 5) is 10.8. The van der Waals surface area contributed by atoms with E-state index in [1.807, 2.05) is 0 Å². The fourth-order valence-corrected chi connectivity index (χ4v) is 1.40. The number of hydrogen-bond acceptors (Lipinski definition) is 2. The zero-order valence-electron chi connectivity index (χ0n) is 7.05. The van der Waals surface area contributed by atoms with E-state index in [2.05, 4.69) is 0 Å². The standard InChI is InChI=1S/C8H15NO2/c1-7(2,6(10)11)8(9)4-3-5-8/h3-5,9H2,1-2H3,(H,10,11). The number of aliphatic carboxylic acids is 1. The van der Waals surface area contributed by atoms with Gasteiger partial charge in [0.15, 0.2) is 0 Å². The summed E-state index contributed by atoms with van der Waals surface area (Å²) in [5.74, 6) is -0.792. The van der Waals surface area contributed by atoms with E-state index in [0.717, 1.165) is 19.3 Å². The summed E-state index contributed by atoms with van der Waals surface area (Å²) >= 11 is 0. The molecule has 0 atom stereocenters. The number of carboxylic acid groups (broad SMARTS) is 1. The Bertz CT molecular complexity index is 183. The van der Waals surface area contributed by atoms with Gasteiger partial charge in [-0.15, -0.1) is 0 Å². The zero-order valence-corrected chi connectivity index (χ0v) is 7.05. The molecule has 0 saturated heterocycles. The van der Waals surface area contributed by atoms with E-state index in [4.69, 9.17) is 10.8 Å². The molecule has 0 bridgehead atoms. The van der Waals surface area contributed by atoms with Crippen LogP contribution >= 0.6 is 0 Å².